The van der Waals surface area contributed by atoms with Gasteiger partial charge < -0.3 is 5.32 Å². The molecule has 2 aromatic heterocycles. The van der Waals surface area contributed by atoms with Gasteiger partial charge in [-0.2, -0.15) is 0 Å². The van der Waals surface area contributed by atoms with Crippen LogP contribution in [0.4, 0.5) is 5.69 Å². The van der Waals surface area contributed by atoms with E-state index >= 15 is 0 Å². The molecule has 0 unspecified atom stereocenters. The van der Waals surface area contributed by atoms with Crippen LogP contribution in [0.5, 0.6) is 0 Å². The quantitative estimate of drug-likeness (QED) is 0.766. The van der Waals surface area contributed by atoms with Crippen LogP contribution in [0.3, 0.4) is 0 Å². The number of aromatic nitrogens is 2. The predicted molar refractivity (Wildman–Crippen MR) is 83.5 cm³/mol. The highest BCUT2D eigenvalue weighted by molar-refractivity contribution is 7.16. The Morgan fingerprint density at radius 2 is 2.16 bits per heavy atom. The molecule has 3 rings (SSSR count). The van der Waals surface area contributed by atoms with E-state index in [2.05, 4.69) is 15.3 Å². The molecular formula is C13H12ClN3S2. The molecule has 0 radical (unpaired) electrons. The predicted octanol–water partition coefficient (Wildman–Crippen LogP) is 4.64. The molecule has 0 aliphatic heterocycles. The molecule has 0 fully saturated rings. The van der Waals surface area contributed by atoms with Gasteiger partial charge in [0.2, 0.25) is 0 Å². The van der Waals surface area contributed by atoms with Crippen molar-refractivity contribution in [2.75, 3.05) is 5.32 Å². The first-order chi connectivity index (χ1) is 9.15. The van der Waals surface area contributed by atoms with Crippen molar-refractivity contribution < 1.29 is 0 Å². The maximum Gasteiger partial charge on any atom is 0.106 e. The van der Waals surface area contributed by atoms with Crippen molar-refractivity contribution in [3.05, 3.63) is 38.2 Å². The lowest BCUT2D eigenvalue weighted by atomic mass is 10.2. The summed E-state index contributed by atoms with van der Waals surface area (Å²) in [6, 6.07) is 3.91. The maximum absolute atomic E-state index is 6.26. The van der Waals surface area contributed by atoms with Gasteiger partial charge in [-0.3, -0.25) is 0 Å². The summed E-state index contributed by atoms with van der Waals surface area (Å²) in [5.74, 6) is 0. The van der Waals surface area contributed by atoms with Crippen molar-refractivity contribution in [3.63, 3.8) is 0 Å². The van der Waals surface area contributed by atoms with E-state index in [-0.39, 0.29) is 0 Å². The summed E-state index contributed by atoms with van der Waals surface area (Å²) in [5.41, 5.74) is 4.77. The first-order valence-electron chi connectivity index (χ1n) is 5.83. The molecule has 0 amide bonds. The zero-order valence-corrected chi connectivity index (χ0v) is 12.9. The number of anilines is 1. The third kappa shape index (κ3) is 2.45. The number of benzene rings is 1. The Bertz CT molecular complexity index is 733. The van der Waals surface area contributed by atoms with Crippen LogP contribution in [0.2, 0.25) is 5.02 Å². The fraction of sp³-hybridized carbons (Fsp3) is 0.231. The van der Waals surface area contributed by atoms with Crippen LogP contribution < -0.4 is 5.32 Å². The minimum absolute atomic E-state index is 0.706. The maximum atomic E-state index is 6.26. The van der Waals surface area contributed by atoms with E-state index in [1.165, 1.54) is 4.88 Å². The molecule has 0 spiro atoms. The van der Waals surface area contributed by atoms with Gasteiger partial charge in [0.15, 0.2) is 0 Å². The van der Waals surface area contributed by atoms with Crippen LogP contribution in [0.25, 0.3) is 10.2 Å². The second-order valence-corrected chi connectivity index (χ2v) is 6.80. The largest absolute Gasteiger partial charge is 0.377 e. The van der Waals surface area contributed by atoms with Crippen molar-refractivity contribution in [1.82, 2.24) is 9.97 Å². The van der Waals surface area contributed by atoms with Gasteiger partial charge in [-0.15, -0.1) is 22.7 Å². The molecule has 0 saturated heterocycles. The van der Waals surface area contributed by atoms with Crippen LogP contribution in [-0.4, -0.2) is 9.97 Å². The smallest absolute Gasteiger partial charge is 0.106 e. The number of nitrogens with one attached hydrogen (secondary N) is 1. The number of rotatable bonds is 3. The monoisotopic (exact) mass is 309 g/mol. The SMILES string of the molecule is Cc1nc(C)c(CNc2c(Cl)ccc3scnc23)s1. The number of nitrogens with zero attached hydrogens (tertiary/aromatic N) is 2. The first-order valence-corrected chi connectivity index (χ1v) is 7.91. The van der Waals surface area contributed by atoms with E-state index in [1.54, 1.807) is 22.7 Å². The average Bonchev–Trinajstić information content (AvgIpc) is 2.95. The summed E-state index contributed by atoms with van der Waals surface area (Å²) in [6.45, 7) is 4.79. The lowest BCUT2D eigenvalue weighted by Crippen LogP contribution is -2.00. The molecule has 0 saturated carbocycles. The standard InChI is InChI=1S/C13H12ClN3S2/c1-7-11(19-8(2)17-7)5-15-12-9(14)3-4-10-13(12)16-6-18-10/h3-4,6,15H,5H2,1-2H3. The average molecular weight is 310 g/mol. The Labute approximate surface area is 124 Å². The van der Waals surface area contributed by atoms with E-state index in [9.17, 15) is 0 Å². The molecule has 6 heteroatoms. The summed E-state index contributed by atoms with van der Waals surface area (Å²) in [5, 5.41) is 5.19. The summed E-state index contributed by atoms with van der Waals surface area (Å²) < 4.78 is 1.14. The number of aryl methyl sites for hydroxylation is 2. The molecule has 98 valence electrons. The van der Waals surface area contributed by atoms with E-state index in [0.717, 1.165) is 33.2 Å². The molecule has 2 heterocycles. The Hall–Kier alpha value is -1.17. The lowest BCUT2D eigenvalue weighted by Gasteiger charge is -2.08. The molecule has 1 N–H and O–H groups in total. The Balaban J connectivity index is 1.91. The Morgan fingerprint density at radius 1 is 1.32 bits per heavy atom. The lowest BCUT2D eigenvalue weighted by molar-refractivity contribution is 1.11. The van der Waals surface area contributed by atoms with Crippen LogP contribution in [0.1, 0.15) is 15.6 Å². The highest BCUT2D eigenvalue weighted by atomic mass is 35.5. The van der Waals surface area contributed by atoms with Gasteiger partial charge in [0, 0.05) is 4.88 Å². The number of hydrogen-bond donors (Lipinski definition) is 1. The van der Waals surface area contributed by atoms with Crippen LogP contribution in [0, 0.1) is 13.8 Å². The fourth-order valence-corrected chi connectivity index (χ4v) is 3.76. The molecule has 1 aromatic carbocycles. The van der Waals surface area contributed by atoms with Gasteiger partial charge >= 0.3 is 0 Å². The summed E-state index contributed by atoms with van der Waals surface area (Å²) >= 11 is 9.59. The van der Waals surface area contributed by atoms with Gasteiger partial charge in [-0.05, 0) is 26.0 Å². The van der Waals surface area contributed by atoms with Crippen molar-refractivity contribution >= 4 is 50.2 Å². The number of thiazole rings is 2. The van der Waals surface area contributed by atoms with Gasteiger partial charge in [-0.1, -0.05) is 11.6 Å². The molecule has 0 aliphatic carbocycles. The van der Waals surface area contributed by atoms with Gasteiger partial charge in [0.05, 0.1) is 38.2 Å². The highest BCUT2D eigenvalue weighted by Crippen LogP contribution is 2.33. The highest BCUT2D eigenvalue weighted by Gasteiger charge is 2.10. The van der Waals surface area contributed by atoms with Gasteiger partial charge in [-0.25, -0.2) is 9.97 Å². The molecule has 19 heavy (non-hydrogen) atoms. The zero-order valence-electron chi connectivity index (χ0n) is 10.5. The van der Waals surface area contributed by atoms with Crippen molar-refractivity contribution in [1.29, 1.82) is 0 Å². The number of hydrogen-bond acceptors (Lipinski definition) is 5. The van der Waals surface area contributed by atoms with Crippen molar-refractivity contribution in [2.24, 2.45) is 0 Å². The van der Waals surface area contributed by atoms with E-state index in [0.29, 0.717) is 5.02 Å². The minimum Gasteiger partial charge on any atom is -0.377 e. The molecule has 0 aliphatic rings. The van der Waals surface area contributed by atoms with Gasteiger partial charge in [0.1, 0.15) is 5.52 Å². The van der Waals surface area contributed by atoms with Crippen molar-refractivity contribution in [2.45, 2.75) is 20.4 Å². The number of halogens is 1. The van der Waals surface area contributed by atoms with Crippen LogP contribution >= 0.6 is 34.3 Å². The summed E-state index contributed by atoms with van der Waals surface area (Å²) in [6.07, 6.45) is 0. The van der Waals surface area contributed by atoms with Crippen LogP contribution in [0.15, 0.2) is 17.6 Å². The van der Waals surface area contributed by atoms with Crippen LogP contribution in [-0.2, 0) is 6.54 Å². The molecule has 0 bridgehead atoms. The van der Waals surface area contributed by atoms with Crippen molar-refractivity contribution in [3.8, 4) is 0 Å². The Kier molecular flexibility index (Phi) is 3.43. The molecule has 3 aromatic rings. The second kappa shape index (κ2) is 5.07. The van der Waals surface area contributed by atoms with E-state index < -0.39 is 0 Å². The zero-order chi connectivity index (χ0) is 13.4. The Morgan fingerprint density at radius 3 is 2.89 bits per heavy atom. The first kappa shape index (κ1) is 12.8. The third-order valence-corrected chi connectivity index (χ3v) is 5.06. The molecule has 0 atom stereocenters. The topological polar surface area (TPSA) is 37.8 Å². The normalized spacial score (nSPS) is 11.1. The van der Waals surface area contributed by atoms with E-state index in [1.807, 2.05) is 31.5 Å². The summed E-state index contributed by atoms with van der Waals surface area (Å²) in [7, 11) is 0. The third-order valence-electron chi connectivity index (χ3n) is 2.88. The number of fused-ring (bicyclic) bond motifs is 1. The minimum atomic E-state index is 0.706. The summed E-state index contributed by atoms with van der Waals surface area (Å²) in [4.78, 5) is 10.0. The second-order valence-electron chi connectivity index (χ2n) is 4.22. The molecular weight excluding hydrogens is 298 g/mol. The van der Waals surface area contributed by atoms with Gasteiger partial charge in [0.25, 0.3) is 0 Å². The molecule has 3 nitrogen and oxygen atoms in total. The van der Waals surface area contributed by atoms with E-state index in [4.69, 9.17) is 11.6 Å². The fourth-order valence-electron chi connectivity index (χ4n) is 1.98.